The lowest BCUT2D eigenvalue weighted by molar-refractivity contribution is -0.116. The van der Waals surface area contributed by atoms with Crippen molar-refractivity contribution in [2.75, 3.05) is 17.3 Å². The molecule has 0 saturated carbocycles. The summed E-state index contributed by atoms with van der Waals surface area (Å²) < 4.78 is 0. The standard InChI is InChI=1S/C17H22N4O/c1-13(2)11-17(22)18-15-9-10-16(20-19-15)21(3)12-14-7-5-4-6-8-14/h4-10,13H,11-12H2,1-3H3,(H,18,19,22). The third-order valence-corrected chi connectivity index (χ3v) is 3.17. The molecular weight excluding hydrogens is 276 g/mol. The van der Waals surface area contributed by atoms with Crippen LogP contribution in [0, 0.1) is 5.92 Å². The Morgan fingerprint density at radius 1 is 1.14 bits per heavy atom. The van der Waals surface area contributed by atoms with Crippen LogP contribution in [0.5, 0.6) is 0 Å². The molecule has 116 valence electrons. The van der Waals surface area contributed by atoms with Gasteiger partial charge in [-0.1, -0.05) is 44.2 Å². The minimum absolute atomic E-state index is 0.0327. The first-order chi connectivity index (χ1) is 10.5. The molecule has 0 unspecified atom stereocenters. The Bertz CT molecular complexity index is 596. The van der Waals surface area contributed by atoms with E-state index in [-0.39, 0.29) is 5.91 Å². The van der Waals surface area contributed by atoms with Gasteiger partial charge in [0, 0.05) is 20.0 Å². The van der Waals surface area contributed by atoms with Gasteiger partial charge in [0.1, 0.15) is 0 Å². The van der Waals surface area contributed by atoms with Crippen molar-refractivity contribution >= 4 is 17.5 Å². The molecule has 5 nitrogen and oxygen atoms in total. The zero-order chi connectivity index (χ0) is 15.9. The molecule has 0 bridgehead atoms. The Labute approximate surface area is 131 Å². The normalized spacial score (nSPS) is 10.5. The smallest absolute Gasteiger partial charge is 0.225 e. The largest absolute Gasteiger partial charge is 0.354 e. The van der Waals surface area contributed by atoms with E-state index in [1.807, 2.05) is 50.1 Å². The van der Waals surface area contributed by atoms with Crippen molar-refractivity contribution in [2.45, 2.75) is 26.8 Å². The van der Waals surface area contributed by atoms with Gasteiger partial charge in [-0.05, 0) is 23.6 Å². The molecule has 0 saturated heterocycles. The second-order valence-corrected chi connectivity index (χ2v) is 5.76. The van der Waals surface area contributed by atoms with Crippen LogP contribution < -0.4 is 10.2 Å². The molecule has 1 aromatic heterocycles. The van der Waals surface area contributed by atoms with E-state index in [0.29, 0.717) is 18.2 Å². The van der Waals surface area contributed by atoms with Gasteiger partial charge >= 0.3 is 0 Å². The maximum absolute atomic E-state index is 11.7. The molecule has 1 N–H and O–H groups in total. The molecule has 1 aromatic carbocycles. The van der Waals surface area contributed by atoms with Crippen molar-refractivity contribution in [1.82, 2.24) is 10.2 Å². The van der Waals surface area contributed by atoms with Gasteiger partial charge in [0.05, 0.1) is 0 Å². The van der Waals surface area contributed by atoms with Gasteiger partial charge < -0.3 is 10.2 Å². The fourth-order valence-corrected chi connectivity index (χ4v) is 2.10. The van der Waals surface area contributed by atoms with Gasteiger partial charge in [-0.25, -0.2) is 0 Å². The van der Waals surface area contributed by atoms with E-state index >= 15 is 0 Å². The predicted molar refractivity (Wildman–Crippen MR) is 88.7 cm³/mol. The zero-order valence-electron chi connectivity index (χ0n) is 13.3. The third-order valence-electron chi connectivity index (χ3n) is 3.17. The maximum Gasteiger partial charge on any atom is 0.225 e. The Hall–Kier alpha value is -2.43. The Balaban J connectivity index is 1.95. The van der Waals surface area contributed by atoms with Crippen molar-refractivity contribution < 1.29 is 4.79 Å². The monoisotopic (exact) mass is 298 g/mol. The number of anilines is 2. The summed E-state index contributed by atoms with van der Waals surface area (Å²) in [6.45, 7) is 4.77. The molecular formula is C17H22N4O. The summed E-state index contributed by atoms with van der Waals surface area (Å²) in [6, 6.07) is 13.8. The molecule has 1 amide bonds. The molecule has 0 aliphatic heterocycles. The van der Waals surface area contributed by atoms with E-state index in [2.05, 4.69) is 27.6 Å². The highest BCUT2D eigenvalue weighted by Gasteiger charge is 2.08. The molecule has 0 aliphatic rings. The van der Waals surface area contributed by atoms with Crippen LogP contribution in [0.4, 0.5) is 11.6 Å². The van der Waals surface area contributed by atoms with Crippen LogP contribution >= 0.6 is 0 Å². The molecule has 1 heterocycles. The number of nitrogens with one attached hydrogen (secondary N) is 1. The topological polar surface area (TPSA) is 58.1 Å². The van der Waals surface area contributed by atoms with Gasteiger partial charge in [-0.3, -0.25) is 4.79 Å². The maximum atomic E-state index is 11.7. The summed E-state index contributed by atoms with van der Waals surface area (Å²) in [7, 11) is 1.97. The predicted octanol–water partition coefficient (Wildman–Crippen LogP) is 3.10. The van der Waals surface area contributed by atoms with Crippen LogP contribution in [-0.2, 0) is 11.3 Å². The number of benzene rings is 1. The summed E-state index contributed by atoms with van der Waals surface area (Å²) in [5.41, 5.74) is 1.21. The van der Waals surface area contributed by atoms with E-state index in [1.54, 1.807) is 6.07 Å². The van der Waals surface area contributed by atoms with Crippen molar-refractivity contribution in [3.8, 4) is 0 Å². The molecule has 0 spiro atoms. The van der Waals surface area contributed by atoms with Gasteiger partial charge in [-0.15, -0.1) is 10.2 Å². The van der Waals surface area contributed by atoms with Crippen molar-refractivity contribution in [3.05, 3.63) is 48.0 Å². The lowest BCUT2D eigenvalue weighted by Gasteiger charge is -2.17. The molecule has 22 heavy (non-hydrogen) atoms. The minimum Gasteiger partial charge on any atom is -0.354 e. The number of hydrogen-bond acceptors (Lipinski definition) is 4. The number of nitrogens with zero attached hydrogens (tertiary/aromatic N) is 3. The fraction of sp³-hybridized carbons (Fsp3) is 0.353. The number of rotatable bonds is 6. The molecule has 0 atom stereocenters. The number of carbonyl (C=O) groups is 1. The van der Waals surface area contributed by atoms with E-state index < -0.39 is 0 Å². The summed E-state index contributed by atoms with van der Waals surface area (Å²) in [5.74, 6) is 1.55. The average molecular weight is 298 g/mol. The average Bonchev–Trinajstić information content (AvgIpc) is 2.48. The fourth-order valence-electron chi connectivity index (χ4n) is 2.10. The second kappa shape index (κ2) is 7.54. The Morgan fingerprint density at radius 2 is 1.86 bits per heavy atom. The SMILES string of the molecule is CC(C)CC(=O)Nc1ccc(N(C)Cc2ccccc2)nn1. The van der Waals surface area contributed by atoms with Crippen LogP contribution in [0.15, 0.2) is 42.5 Å². The van der Waals surface area contributed by atoms with E-state index in [0.717, 1.165) is 12.4 Å². The highest BCUT2D eigenvalue weighted by molar-refractivity contribution is 5.89. The molecule has 5 heteroatoms. The zero-order valence-corrected chi connectivity index (χ0v) is 13.3. The molecule has 0 fully saturated rings. The van der Waals surface area contributed by atoms with Crippen LogP contribution in [0.2, 0.25) is 0 Å². The van der Waals surface area contributed by atoms with Gasteiger partial charge in [0.25, 0.3) is 0 Å². The minimum atomic E-state index is -0.0327. The number of amides is 1. The van der Waals surface area contributed by atoms with E-state index in [4.69, 9.17) is 0 Å². The van der Waals surface area contributed by atoms with Crippen molar-refractivity contribution in [2.24, 2.45) is 5.92 Å². The number of carbonyl (C=O) groups excluding carboxylic acids is 1. The highest BCUT2D eigenvalue weighted by Crippen LogP contribution is 2.13. The molecule has 2 rings (SSSR count). The van der Waals surface area contributed by atoms with Crippen LogP contribution in [0.1, 0.15) is 25.8 Å². The molecule has 0 radical (unpaired) electrons. The van der Waals surface area contributed by atoms with E-state index in [9.17, 15) is 4.79 Å². The quantitative estimate of drug-likeness (QED) is 0.890. The van der Waals surface area contributed by atoms with Crippen molar-refractivity contribution in [1.29, 1.82) is 0 Å². The number of hydrogen-bond donors (Lipinski definition) is 1. The van der Waals surface area contributed by atoms with E-state index in [1.165, 1.54) is 5.56 Å². The van der Waals surface area contributed by atoms with Crippen molar-refractivity contribution in [3.63, 3.8) is 0 Å². The molecule has 0 aliphatic carbocycles. The van der Waals surface area contributed by atoms with Crippen LogP contribution in [0.25, 0.3) is 0 Å². The van der Waals surface area contributed by atoms with Gasteiger partial charge in [-0.2, -0.15) is 0 Å². The Kier molecular flexibility index (Phi) is 5.47. The number of aromatic nitrogens is 2. The first-order valence-corrected chi connectivity index (χ1v) is 7.43. The second-order valence-electron chi connectivity index (χ2n) is 5.76. The van der Waals surface area contributed by atoms with Crippen LogP contribution in [-0.4, -0.2) is 23.2 Å². The lowest BCUT2D eigenvalue weighted by atomic mass is 10.1. The lowest BCUT2D eigenvalue weighted by Crippen LogP contribution is -2.19. The summed E-state index contributed by atoms with van der Waals surface area (Å²) in [5, 5.41) is 11.0. The first-order valence-electron chi connectivity index (χ1n) is 7.43. The third kappa shape index (κ3) is 4.84. The summed E-state index contributed by atoms with van der Waals surface area (Å²) in [4.78, 5) is 13.7. The van der Waals surface area contributed by atoms with Crippen LogP contribution in [0.3, 0.4) is 0 Å². The summed E-state index contributed by atoms with van der Waals surface area (Å²) >= 11 is 0. The Morgan fingerprint density at radius 3 is 2.45 bits per heavy atom. The highest BCUT2D eigenvalue weighted by atomic mass is 16.1. The molecule has 2 aromatic rings. The van der Waals surface area contributed by atoms with Gasteiger partial charge in [0.2, 0.25) is 5.91 Å². The first kappa shape index (κ1) is 15.9. The van der Waals surface area contributed by atoms with Gasteiger partial charge in [0.15, 0.2) is 11.6 Å². The summed E-state index contributed by atoms with van der Waals surface area (Å²) in [6.07, 6.45) is 0.483.